The number of fused-ring (bicyclic) bond motifs is 2. The number of alkyl halides is 6. The molecule has 1 fully saturated rings. The van der Waals surface area contributed by atoms with Crippen molar-refractivity contribution in [2.75, 3.05) is 19.6 Å². The second kappa shape index (κ2) is 13.1. The van der Waals surface area contributed by atoms with E-state index in [-0.39, 0.29) is 5.54 Å². The molecule has 15 heteroatoms. The molecule has 41 heavy (non-hydrogen) atoms. The molecule has 3 aromatic rings. The molecule has 0 bridgehead atoms. The lowest BCUT2D eigenvalue weighted by atomic mass is 9.85. The number of carbonyl (C=O) groups is 2. The van der Waals surface area contributed by atoms with Crippen LogP contribution in [-0.2, 0) is 28.2 Å². The van der Waals surface area contributed by atoms with Gasteiger partial charge in [0.2, 0.25) is 0 Å². The van der Waals surface area contributed by atoms with Crippen molar-refractivity contribution in [3.8, 4) is 11.3 Å². The number of carboxylic acids is 2. The standard InChI is InChI=1S/C22H25N5.2C2HF3O2/c1-2-6-19(7-3-1)20-16-24-21-22(25-11-14-27(20)21)8-12-26(13-9-22)17-18-5-4-10-23-15-18;2*3-2(4,5)1(6)7/h1-7,10,15-16,25H,8-9,11-14,17H2;2*(H,6,7). The van der Waals surface area contributed by atoms with Gasteiger partial charge in [0, 0.05) is 45.1 Å². The second-order valence-corrected chi connectivity index (χ2v) is 9.24. The zero-order valence-corrected chi connectivity index (χ0v) is 21.5. The number of benzene rings is 1. The summed E-state index contributed by atoms with van der Waals surface area (Å²) in [5.74, 6) is -4.30. The first kappa shape index (κ1) is 31.5. The van der Waals surface area contributed by atoms with Crippen LogP contribution in [0.25, 0.3) is 11.3 Å². The highest BCUT2D eigenvalue weighted by Gasteiger charge is 2.42. The van der Waals surface area contributed by atoms with Crippen molar-refractivity contribution in [3.63, 3.8) is 0 Å². The number of imidazole rings is 1. The van der Waals surface area contributed by atoms with E-state index < -0.39 is 24.3 Å². The number of hydrogen-bond donors (Lipinski definition) is 3. The number of hydrogen-bond acceptors (Lipinski definition) is 6. The van der Waals surface area contributed by atoms with Gasteiger partial charge in [-0.2, -0.15) is 26.3 Å². The lowest BCUT2D eigenvalue weighted by Crippen LogP contribution is -2.55. The Morgan fingerprint density at radius 2 is 1.46 bits per heavy atom. The van der Waals surface area contributed by atoms with Crippen molar-refractivity contribution in [2.24, 2.45) is 0 Å². The van der Waals surface area contributed by atoms with Crippen molar-refractivity contribution in [2.45, 2.75) is 43.8 Å². The number of aromatic nitrogens is 3. The predicted octanol–water partition coefficient (Wildman–Crippen LogP) is 4.31. The summed E-state index contributed by atoms with van der Waals surface area (Å²) in [6.45, 7) is 5.13. The summed E-state index contributed by atoms with van der Waals surface area (Å²) in [7, 11) is 0. The van der Waals surface area contributed by atoms with Crippen LogP contribution in [0.3, 0.4) is 0 Å². The van der Waals surface area contributed by atoms with Crippen LogP contribution in [0.4, 0.5) is 26.3 Å². The molecule has 1 saturated heterocycles. The van der Waals surface area contributed by atoms with Gasteiger partial charge in [-0.15, -0.1) is 0 Å². The Hall–Kier alpha value is -3.98. The maximum absolute atomic E-state index is 10.6. The number of carboxylic acid groups (broad SMARTS) is 2. The normalized spacial score (nSPS) is 16.4. The highest BCUT2D eigenvalue weighted by molar-refractivity contribution is 5.73. The Labute approximate surface area is 230 Å². The molecule has 4 heterocycles. The van der Waals surface area contributed by atoms with Gasteiger partial charge in [-0.05, 0) is 30.0 Å². The van der Waals surface area contributed by atoms with E-state index in [1.165, 1.54) is 22.6 Å². The third-order valence-electron chi connectivity index (χ3n) is 6.48. The van der Waals surface area contributed by atoms with E-state index in [1.54, 1.807) is 0 Å². The molecule has 1 spiro atoms. The highest BCUT2D eigenvalue weighted by Crippen LogP contribution is 2.37. The van der Waals surface area contributed by atoms with Gasteiger partial charge in [0.1, 0.15) is 5.82 Å². The molecule has 0 saturated carbocycles. The van der Waals surface area contributed by atoms with Gasteiger partial charge in [-0.1, -0.05) is 36.4 Å². The summed E-state index contributed by atoms with van der Waals surface area (Å²) in [4.78, 5) is 29.5. The molecule has 3 N–H and O–H groups in total. The minimum Gasteiger partial charge on any atom is -0.475 e. The van der Waals surface area contributed by atoms with Crippen molar-refractivity contribution in [1.29, 1.82) is 0 Å². The van der Waals surface area contributed by atoms with Crippen LogP contribution in [0, 0.1) is 0 Å². The van der Waals surface area contributed by atoms with E-state index >= 15 is 0 Å². The van der Waals surface area contributed by atoms with Gasteiger partial charge < -0.3 is 20.1 Å². The molecule has 9 nitrogen and oxygen atoms in total. The highest BCUT2D eigenvalue weighted by atomic mass is 19.4. The minimum absolute atomic E-state index is 0.0106. The number of piperidine rings is 1. The molecule has 0 unspecified atom stereocenters. The summed E-state index contributed by atoms with van der Waals surface area (Å²) in [6.07, 6.45) is -2.11. The Morgan fingerprint density at radius 3 is 1.98 bits per heavy atom. The fourth-order valence-electron chi connectivity index (χ4n) is 4.55. The fraction of sp³-hybridized carbons (Fsp3) is 0.385. The molecular formula is C26H27F6N5O4. The molecule has 5 rings (SSSR count). The summed E-state index contributed by atoms with van der Waals surface area (Å²) < 4.78 is 65.9. The summed E-state index contributed by atoms with van der Waals surface area (Å²) in [5.41, 5.74) is 3.79. The lowest BCUT2D eigenvalue weighted by molar-refractivity contribution is -0.193. The second-order valence-electron chi connectivity index (χ2n) is 9.24. The SMILES string of the molecule is O=C(O)C(F)(F)F.O=C(O)C(F)(F)F.c1ccc(-c2cnc3n2CCNC32CCN(Cc3cccnc3)CC2)cc1. The van der Waals surface area contributed by atoms with Crippen molar-refractivity contribution >= 4 is 11.9 Å². The average Bonchev–Trinajstić information content (AvgIpc) is 3.37. The number of aliphatic carboxylic acids is 2. The topological polar surface area (TPSA) is 121 Å². The molecule has 222 valence electrons. The summed E-state index contributed by atoms with van der Waals surface area (Å²) >= 11 is 0. The Morgan fingerprint density at radius 1 is 0.878 bits per heavy atom. The first-order valence-corrected chi connectivity index (χ1v) is 12.3. The fourth-order valence-corrected chi connectivity index (χ4v) is 4.55. The van der Waals surface area contributed by atoms with Gasteiger partial charge in [-0.25, -0.2) is 14.6 Å². The van der Waals surface area contributed by atoms with E-state index in [4.69, 9.17) is 24.8 Å². The van der Waals surface area contributed by atoms with Gasteiger partial charge in [0.15, 0.2) is 0 Å². The zero-order chi connectivity index (χ0) is 30.3. The first-order valence-electron chi connectivity index (χ1n) is 12.3. The number of likely N-dealkylation sites (tertiary alicyclic amines) is 1. The lowest BCUT2D eigenvalue weighted by Gasteiger charge is -2.44. The molecule has 0 atom stereocenters. The summed E-state index contributed by atoms with van der Waals surface area (Å²) in [5, 5.41) is 18.1. The number of pyridine rings is 1. The molecular weight excluding hydrogens is 560 g/mol. The Bertz CT molecular complexity index is 1270. The van der Waals surface area contributed by atoms with Crippen LogP contribution in [0.1, 0.15) is 24.2 Å². The maximum atomic E-state index is 10.6. The molecule has 2 aliphatic rings. The average molecular weight is 588 g/mol. The van der Waals surface area contributed by atoms with Crippen molar-refractivity contribution in [3.05, 3.63) is 72.4 Å². The largest absolute Gasteiger partial charge is 0.490 e. The maximum Gasteiger partial charge on any atom is 0.490 e. The molecule has 0 radical (unpaired) electrons. The number of halogens is 6. The van der Waals surface area contributed by atoms with Crippen LogP contribution >= 0.6 is 0 Å². The van der Waals surface area contributed by atoms with Crippen LogP contribution in [0.5, 0.6) is 0 Å². The van der Waals surface area contributed by atoms with Gasteiger partial charge in [0.25, 0.3) is 0 Å². The number of nitrogens with one attached hydrogen (secondary N) is 1. The minimum atomic E-state index is -5.08. The van der Waals surface area contributed by atoms with Gasteiger partial charge in [0.05, 0.1) is 17.4 Å². The van der Waals surface area contributed by atoms with Gasteiger partial charge >= 0.3 is 24.3 Å². The van der Waals surface area contributed by atoms with Crippen LogP contribution in [0.15, 0.2) is 61.1 Å². The zero-order valence-electron chi connectivity index (χ0n) is 21.5. The van der Waals surface area contributed by atoms with Crippen LogP contribution in [0.2, 0.25) is 0 Å². The molecule has 2 aromatic heterocycles. The first-order chi connectivity index (χ1) is 19.2. The monoisotopic (exact) mass is 587 g/mol. The van der Waals surface area contributed by atoms with E-state index in [0.717, 1.165) is 45.6 Å². The van der Waals surface area contributed by atoms with E-state index in [2.05, 4.69) is 62.4 Å². The van der Waals surface area contributed by atoms with E-state index in [9.17, 15) is 26.3 Å². The van der Waals surface area contributed by atoms with E-state index in [1.807, 2.05) is 18.5 Å². The van der Waals surface area contributed by atoms with Crippen molar-refractivity contribution < 1.29 is 46.1 Å². The number of rotatable bonds is 3. The van der Waals surface area contributed by atoms with Crippen LogP contribution in [-0.4, -0.2) is 73.6 Å². The third kappa shape index (κ3) is 8.50. The molecule has 1 aromatic carbocycles. The smallest absolute Gasteiger partial charge is 0.475 e. The Kier molecular flexibility index (Phi) is 10.1. The quantitative estimate of drug-likeness (QED) is 0.388. The molecule has 2 aliphatic heterocycles. The summed E-state index contributed by atoms with van der Waals surface area (Å²) in [6, 6.07) is 14.8. The van der Waals surface area contributed by atoms with Gasteiger partial charge in [-0.3, -0.25) is 9.88 Å². The number of nitrogens with zero attached hydrogens (tertiary/aromatic N) is 4. The van der Waals surface area contributed by atoms with Crippen molar-refractivity contribution in [1.82, 2.24) is 24.8 Å². The van der Waals surface area contributed by atoms with E-state index in [0.29, 0.717) is 0 Å². The molecule has 0 aliphatic carbocycles. The predicted molar refractivity (Wildman–Crippen MR) is 133 cm³/mol. The Balaban J connectivity index is 0.000000276. The van der Waals surface area contributed by atoms with Crippen LogP contribution < -0.4 is 5.32 Å². The third-order valence-corrected chi connectivity index (χ3v) is 6.48. The molecule has 0 amide bonds.